The van der Waals surface area contributed by atoms with Crippen molar-refractivity contribution in [2.24, 2.45) is 0 Å². The third-order valence-corrected chi connectivity index (χ3v) is 3.08. The highest BCUT2D eigenvalue weighted by molar-refractivity contribution is 6.31. The summed E-state index contributed by atoms with van der Waals surface area (Å²) in [7, 11) is 1.99. The Morgan fingerprint density at radius 1 is 1.44 bits per heavy atom. The zero-order valence-electron chi connectivity index (χ0n) is 11.2. The van der Waals surface area contributed by atoms with Crippen LogP contribution in [-0.4, -0.2) is 29.4 Å². The van der Waals surface area contributed by atoms with Gasteiger partial charge in [-0.3, -0.25) is 4.79 Å². The molecule has 1 rings (SSSR count). The Balaban J connectivity index is 2.91. The van der Waals surface area contributed by atoms with Gasteiger partial charge in [-0.05, 0) is 39.1 Å². The molecule has 0 radical (unpaired) electrons. The van der Waals surface area contributed by atoms with Gasteiger partial charge in [0.1, 0.15) is 5.75 Å². The Morgan fingerprint density at radius 2 is 2.11 bits per heavy atom. The molecular formula is C14H20ClNO2. The van der Waals surface area contributed by atoms with Gasteiger partial charge in [0.25, 0.3) is 0 Å². The highest BCUT2D eigenvalue weighted by Crippen LogP contribution is 2.28. The van der Waals surface area contributed by atoms with E-state index in [9.17, 15) is 9.90 Å². The number of nitrogens with zero attached hydrogens (tertiary/aromatic N) is 1. The van der Waals surface area contributed by atoms with E-state index in [1.807, 2.05) is 7.05 Å². The summed E-state index contributed by atoms with van der Waals surface area (Å²) >= 11 is 5.97. The van der Waals surface area contributed by atoms with E-state index in [0.29, 0.717) is 22.7 Å². The quantitative estimate of drug-likeness (QED) is 0.804. The van der Waals surface area contributed by atoms with Gasteiger partial charge < -0.3 is 10.0 Å². The lowest BCUT2D eigenvalue weighted by Gasteiger charge is -2.18. The predicted molar refractivity (Wildman–Crippen MR) is 74.4 cm³/mol. The van der Waals surface area contributed by atoms with E-state index >= 15 is 0 Å². The molecule has 0 aliphatic carbocycles. The van der Waals surface area contributed by atoms with Crippen LogP contribution < -0.4 is 0 Å². The van der Waals surface area contributed by atoms with Gasteiger partial charge in [-0.25, -0.2) is 0 Å². The molecule has 100 valence electrons. The highest BCUT2D eigenvalue weighted by Gasteiger charge is 2.14. The third kappa shape index (κ3) is 4.00. The number of halogens is 1. The number of carbonyl (C=O) groups is 1. The van der Waals surface area contributed by atoms with E-state index < -0.39 is 0 Å². The van der Waals surface area contributed by atoms with E-state index in [1.54, 1.807) is 6.07 Å². The molecule has 0 aliphatic rings. The van der Waals surface area contributed by atoms with Crippen LogP contribution in [0.5, 0.6) is 5.75 Å². The lowest BCUT2D eigenvalue weighted by atomic mass is 10.1. The maximum atomic E-state index is 11.4. The van der Waals surface area contributed by atoms with Crippen LogP contribution in [0.3, 0.4) is 0 Å². The molecule has 0 saturated carbocycles. The van der Waals surface area contributed by atoms with Crippen molar-refractivity contribution in [3.05, 3.63) is 28.3 Å². The van der Waals surface area contributed by atoms with Crippen LogP contribution >= 0.6 is 11.6 Å². The number of hydrogen-bond donors (Lipinski definition) is 1. The molecule has 0 aliphatic heterocycles. The Hall–Kier alpha value is -1.06. The Morgan fingerprint density at radius 3 is 2.67 bits per heavy atom. The van der Waals surface area contributed by atoms with Crippen LogP contribution in [0.1, 0.15) is 42.6 Å². The zero-order valence-corrected chi connectivity index (χ0v) is 11.9. The van der Waals surface area contributed by atoms with Crippen molar-refractivity contribution in [1.29, 1.82) is 0 Å². The second kappa shape index (κ2) is 6.76. The predicted octanol–water partition coefficient (Wildman–Crippen LogP) is 3.48. The van der Waals surface area contributed by atoms with Crippen LogP contribution in [0.25, 0.3) is 0 Å². The lowest BCUT2D eigenvalue weighted by molar-refractivity contribution is 0.101. The largest absolute Gasteiger partial charge is 0.507 e. The molecule has 1 N–H and O–H groups in total. The van der Waals surface area contributed by atoms with Crippen molar-refractivity contribution < 1.29 is 9.90 Å². The van der Waals surface area contributed by atoms with Crippen LogP contribution in [0, 0.1) is 0 Å². The molecule has 18 heavy (non-hydrogen) atoms. The number of phenols is 1. The molecule has 0 atom stereocenters. The molecule has 1 aromatic rings. The first-order valence-corrected chi connectivity index (χ1v) is 6.54. The van der Waals surface area contributed by atoms with Crippen LogP contribution in [-0.2, 0) is 6.54 Å². The van der Waals surface area contributed by atoms with Crippen molar-refractivity contribution in [1.82, 2.24) is 4.90 Å². The van der Waals surface area contributed by atoms with Crippen molar-refractivity contribution in [2.75, 3.05) is 13.6 Å². The van der Waals surface area contributed by atoms with Gasteiger partial charge in [0.05, 0.1) is 5.56 Å². The number of unbranched alkanes of at least 4 members (excludes halogenated alkanes) is 1. The molecule has 0 unspecified atom stereocenters. The van der Waals surface area contributed by atoms with Gasteiger partial charge in [-0.1, -0.05) is 24.9 Å². The number of Topliss-reactive ketones (excluding diaryl/α,β-unsaturated/α-hetero) is 1. The van der Waals surface area contributed by atoms with E-state index in [4.69, 9.17) is 11.6 Å². The fraction of sp³-hybridized carbons (Fsp3) is 0.500. The molecule has 0 spiro atoms. The number of ketones is 1. The first-order chi connectivity index (χ1) is 8.45. The lowest BCUT2D eigenvalue weighted by Crippen LogP contribution is -2.19. The zero-order chi connectivity index (χ0) is 13.7. The highest BCUT2D eigenvalue weighted by atomic mass is 35.5. The van der Waals surface area contributed by atoms with E-state index in [0.717, 1.165) is 19.4 Å². The number of carbonyl (C=O) groups excluding carboxylic acids is 1. The number of phenolic OH excluding ortho intramolecular Hbond substituents is 1. The second-order valence-electron chi connectivity index (χ2n) is 4.61. The minimum Gasteiger partial charge on any atom is -0.507 e. The van der Waals surface area contributed by atoms with Crippen LogP contribution in [0.2, 0.25) is 5.02 Å². The minimum atomic E-state index is -0.174. The minimum absolute atomic E-state index is 0.0512. The summed E-state index contributed by atoms with van der Waals surface area (Å²) in [6.45, 7) is 5.11. The summed E-state index contributed by atoms with van der Waals surface area (Å²) in [5, 5.41) is 10.5. The summed E-state index contributed by atoms with van der Waals surface area (Å²) in [4.78, 5) is 13.5. The Bertz CT molecular complexity index is 432. The summed E-state index contributed by atoms with van der Waals surface area (Å²) in [5.74, 6) is -0.122. The molecule has 0 heterocycles. The molecule has 0 aromatic heterocycles. The second-order valence-corrected chi connectivity index (χ2v) is 5.05. The topological polar surface area (TPSA) is 40.5 Å². The van der Waals surface area contributed by atoms with Gasteiger partial charge in [-0.2, -0.15) is 0 Å². The molecular weight excluding hydrogens is 250 g/mol. The maximum absolute atomic E-state index is 11.4. The summed E-state index contributed by atoms with van der Waals surface area (Å²) < 4.78 is 0. The molecule has 0 bridgehead atoms. The number of hydrogen-bond acceptors (Lipinski definition) is 3. The maximum Gasteiger partial charge on any atom is 0.163 e. The standard InChI is InChI=1S/C14H20ClNO2/c1-4-5-6-16(3)9-11-7-12(15)8-13(10(2)17)14(11)18/h7-8,18H,4-6,9H2,1-3H3. The molecule has 4 heteroatoms. The first kappa shape index (κ1) is 15.0. The first-order valence-electron chi connectivity index (χ1n) is 6.16. The fourth-order valence-electron chi connectivity index (χ4n) is 1.84. The molecule has 3 nitrogen and oxygen atoms in total. The summed E-state index contributed by atoms with van der Waals surface area (Å²) in [5.41, 5.74) is 0.993. The average Bonchev–Trinajstić information content (AvgIpc) is 2.30. The van der Waals surface area contributed by atoms with E-state index in [2.05, 4.69) is 11.8 Å². The average molecular weight is 270 g/mol. The Kier molecular flexibility index (Phi) is 5.63. The van der Waals surface area contributed by atoms with Gasteiger partial charge in [0.15, 0.2) is 5.78 Å². The van der Waals surface area contributed by atoms with Gasteiger partial charge in [0.2, 0.25) is 0 Å². The normalized spacial score (nSPS) is 10.9. The van der Waals surface area contributed by atoms with Crippen molar-refractivity contribution >= 4 is 17.4 Å². The number of rotatable bonds is 6. The number of benzene rings is 1. The van der Waals surface area contributed by atoms with Crippen molar-refractivity contribution in [3.63, 3.8) is 0 Å². The fourth-order valence-corrected chi connectivity index (χ4v) is 2.08. The van der Waals surface area contributed by atoms with E-state index in [1.165, 1.54) is 13.0 Å². The van der Waals surface area contributed by atoms with E-state index in [-0.39, 0.29) is 11.5 Å². The molecule has 0 saturated heterocycles. The SMILES string of the molecule is CCCCN(C)Cc1cc(Cl)cc(C(C)=O)c1O. The molecule has 0 amide bonds. The van der Waals surface area contributed by atoms with Crippen LogP contribution in [0.15, 0.2) is 12.1 Å². The van der Waals surface area contributed by atoms with Crippen molar-refractivity contribution in [3.8, 4) is 5.75 Å². The number of aromatic hydroxyl groups is 1. The van der Waals surface area contributed by atoms with Gasteiger partial charge >= 0.3 is 0 Å². The third-order valence-electron chi connectivity index (χ3n) is 2.87. The van der Waals surface area contributed by atoms with Gasteiger partial charge in [0, 0.05) is 17.1 Å². The van der Waals surface area contributed by atoms with Gasteiger partial charge in [-0.15, -0.1) is 0 Å². The summed E-state index contributed by atoms with van der Waals surface area (Å²) in [6.07, 6.45) is 2.24. The van der Waals surface area contributed by atoms with Crippen LogP contribution in [0.4, 0.5) is 0 Å². The summed E-state index contributed by atoms with van der Waals surface area (Å²) in [6, 6.07) is 3.22. The van der Waals surface area contributed by atoms with Crippen molar-refractivity contribution in [2.45, 2.75) is 33.2 Å². The Labute approximate surface area is 113 Å². The smallest absolute Gasteiger partial charge is 0.163 e. The monoisotopic (exact) mass is 269 g/mol. The molecule has 0 fully saturated rings. The molecule has 1 aromatic carbocycles.